The number of rotatable bonds is 10. The van der Waals surface area contributed by atoms with E-state index in [0.29, 0.717) is 26.9 Å². The van der Waals surface area contributed by atoms with Gasteiger partial charge in [0.05, 0.1) is 11.9 Å². The Kier molecular flexibility index (Phi) is 9.59. The molecule has 0 aliphatic carbocycles. The van der Waals surface area contributed by atoms with Crippen LogP contribution in [0.3, 0.4) is 0 Å². The lowest BCUT2D eigenvalue weighted by Crippen LogP contribution is -2.53. The maximum Gasteiger partial charge on any atom is 0.244 e. The zero-order chi connectivity index (χ0) is 27.2. The highest BCUT2D eigenvalue weighted by Crippen LogP contribution is 2.28. The molecule has 0 aliphatic rings. The van der Waals surface area contributed by atoms with E-state index in [9.17, 15) is 18.0 Å². The van der Waals surface area contributed by atoms with E-state index in [2.05, 4.69) is 5.32 Å². The third-order valence-corrected chi connectivity index (χ3v) is 7.81. The number of nitrogens with one attached hydrogen (secondary N) is 1. The van der Waals surface area contributed by atoms with E-state index in [-0.39, 0.29) is 13.0 Å². The molecule has 3 aromatic carbocycles. The van der Waals surface area contributed by atoms with Crippen molar-refractivity contribution in [1.29, 1.82) is 0 Å². The Morgan fingerprint density at radius 2 is 1.51 bits per heavy atom. The van der Waals surface area contributed by atoms with Crippen LogP contribution in [0, 0.1) is 6.92 Å². The number of carbonyl (C=O) groups is 2. The maximum atomic E-state index is 13.9. The van der Waals surface area contributed by atoms with Crippen molar-refractivity contribution in [1.82, 2.24) is 10.2 Å². The Morgan fingerprint density at radius 1 is 0.919 bits per heavy atom. The van der Waals surface area contributed by atoms with E-state index >= 15 is 0 Å². The first-order chi connectivity index (χ1) is 17.5. The molecular formula is C27H29Cl2N3O4S. The molecule has 0 saturated heterocycles. The van der Waals surface area contributed by atoms with Gasteiger partial charge in [0.2, 0.25) is 21.8 Å². The highest BCUT2D eigenvalue weighted by Gasteiger charge is 2.33. The van der Waals surface area contributed by atoms with E-state index < -0.39 is 34.4 Å². The molecular weight excluding hydrogens is 533 g/mol. The van der Waals surface area contributed by atoms with E-state index in [1.54, 1.807) is 49.4 Å². The highest BCUT2D eigenvalue weighted by atomic mass is 35.5. The number of aryl methyl sites for hydroxylation is 1. The van der Waals surface area contributed by atoms with Gasteiger partial charge in [0.1, 0.15) is 12.6 Å². The van der Waals surface area contributed by atoms with E-state index in [1.807, 2.05) is 30.3 Å². The van der Waals surface area contributed by atoms with Gasteiger partial charge >= 0.3 is 0 Å². The average Bonchev–Trinajstić information content (AvgIpc) is 2.86. The maximum absolute atomic E-state index is 13.9. The van der Waals surface area contributed by atoms with Crippen LogP contribution in [0.4, 0.5) is 5.69 Å². The Morgan fingerprint density at radius 3 is 2.08 bits per heavy atom. The molecule has 0 bridgehead atoms. The van der Waals surface area contributed by atoms with E-state index in [1.165, 1.54) is 11.9 Å². The molecule has 0 unspecified atom stereocenters. The lowest BCUT2D eigenvalue weighted by Gasteiger charge is -2.33. The molecule has 196 valence electrons. The van der Waals surface area contributed by atoms with Crippen molar-refractivity contribution in [2.45, 2.75) is 25.9 Å². The summed E-state index contributed by atoms with van der Waals surface area (Å²) in [5.41, 5.74) is 2.36. The smallest absolute Gasteiger partial charge is 0.244 e. The van der Waals surface area contributed by atoms with Crippen molar-refractivity contribution in [3.05, 3.63) is 99.5 Å². The minimum Gasteiger partial charge on any atom is -0.357 e. The van der Waals surface area contributed by atoms with E-state index in [4.69, 9.17) is 23.2 Å². The quantitative estimate of drug-likeness (QED) is 0.396. The Hall–Kier alpha value is -3.07. The first-order valence-electron chi connectivity index (χ1n) is 11.5. The minimum absolute atomic E-state index is 0.0896. The van der Waals surface area contributed by atoms with Crippen LogP contribution in [0.15, 0.2) is 72.8 Å². The molecule has 37 heavy (non-hydrogen) atoms. The molecule has 0 heterocycles. The number of benzene rings is 3. The summed E-state index contributed by atoms with van der Waals surface area (Å²) < 4.78 is 26.6. The zero-order valence-corrected chi connectivity index (χ0v) is 23.1. The summed E-state index contributed by atoms with van der Waals surface area (Å²) in [5, 5.41) is 3.30. The molecule has 1 N–H and O–H groups in total. The number of carbonyl (C=O) groups excluding carboxylic acids is 2. The van der Waals surface area contributed by atoms with Crippen molar-refractivity contribution >= 4 is 50.7 Å². The molecule has 0 spiro atoms. The number of anilines is 1. The average molecular weight is 563 g/mol. The van der Waals surface area contributed by atoms with Crippen LogP contribution in [0.5, 0.6) is 0 Å². The highest BCUT2D eigenvalue weighted by molar-refractivity contribution is 7.92. The van der Waals surface area contributed by atoms with Gasteiger partial charge in [-0.25, -0.2) is 8.42 Å². The van der Waals surface area contributed by atoms with Gasteiger partial charge in [0.25, 0.3) is 0 Å². The molecule has 0 fully saturated rings. The van der Waals surface area contributed by atoms with Crippen molar-refractivity contribution in [2.24, 2.45) is 0 Å². The summed E-state index contributed by atoms with van der Waals surface area (Å²) in [6, 6.07) is 20.2. The zero-order valence-electron chi connectivity index (χ0n) is 20.8. The molecule has 3 aromatic rings. The van der Waals surface area contributed by atoms with Crippen LogP contribution in [-0.4, -0.2) is 51.0 Å². The van der Waals surface area contributed by atoms with Crippen LogP contribution in [-0.2, 0) is 32.6 Å². The van der Waals surface area contributed by atoms with Gasteiger partial charge in [-0.15, -0.1) is 0 Å². The first-order valence-corrected chi connectivity index (χ1v) is 14.1. The van der Waals surface area contributed by atoms with Gasteiger partial charge in [-0.1, -0.05) is 77.8 Å². The fourth-order valence-electron chi connectivity index (χ4n) is 4.01. The SMILES string of the molecule is CNC(=O)[C@H](Cc1ccccc1)N(Cc1c(Cl)cccc1Cl)C(=O)CN(c1ccccc1C)S(C)(=O)=O. The number of amides is 2. The second-order valence-corrected chi connectivity index (χ2v) is 11.3. The molecule has 10 heteroatoms. The molecule has 0 radical (unpaired) electrons. The van der Waals surface area contributed by atoms with Crippen LogP contribution in [0.2, 0.25) is 10.0 Å². The predicted octanol–water partition coefficient (Wildman–Crippen LogP) is 4.45. The fraction of sp³-hybridized carbons (Fsp3) is 0.259. The van der Waals surface area contributed by atoms with Crippen LogP contribution < -0.4 is 9.62 Å². The van der Waals surface area contributed by atoms with E-state index in [0.717, 1.165) is 16.1 Å². The molecule has 3 rings (SSSR count). The topological polar surface area (TPSA) is 86.8 Å². The summed E-state index contributed by atoms with van der Waals surface area (Å²) in [6.45, 7) is 1.17. The van der Waals surface area contributed by atoms with Crippen molar-refractivity contribution < 1.29 is 18.0 Å². The number of hydrogen-bond donors (Lipinski definition) is 1. The molecule has 0 aliphatic heterocycles. The van der Waals surface area contributed by atoms with Gasteiger partial charge < -0.3 is 10.2 Å². The van der Waals surface area contributed by atoms with Crippen LogP contribution >= 0.6 is 23.2 Å². The number of hydrogen-bond acceptors (Lipinski definition) is 4. The van der Waals surface area contributed by atoms with Crippen molar-refractivity contribution in [3.63, 3.8) is 0 Å². The summed E-state index contributed by atoms with van der Waals surface area (Å²) in [6.07, 6.45) is 1.25. The van der Waals surface area contributed by atoms with Gasteiger partial charge in [0, 0.05) is 35.6 Å². The second-order valence-electron chi connectivity index (χ2n) is 8.60. The fourth-order valence-corrected chi connectivity index (χ4v) is 5.44. The first kappa shape index (κ1) is 28.5. The number of likely N-dealkylation sites (N-methyl/N-ethyl adjacent to an activating group) is 1. The van der Waals surface area contributed by atoms with Crippen LogP contribution in [0.1, 0.15) is 16.7 Å². The van der Waals surface area contributed by atoms with Gasteiger partial charge in [0.15, 0.2) is 0 Å². The Balaban J connectivity index is 2.08. The third-order valence-electron chi connectivity index (χ3n) is 5.97. The molecule has 0 saturated carbocycles. The Labute approximate surface area is 228 Å². The lowest BCUT2D eigenvalue weighted by molar-refractivity contribution is -0.139. The third kappa shape index (κ3) is 7.25. The number of sulfonamides is 1. The summed E-state index contributed by atoms with van der Waals surface area (Å²) in [5.74, 6) is -0.976. The summed E-state index contributed by atoms with van der Waals surface area (Å²) in [4.78, 5) is 28.4. The standard InChI is InChI=1S/C27H29Cl2N3O4S/c1-19-10-7-8-15-24(19)32(37(3,35)36)18-26(33)31(17-21-22(28)13-9-14-23(21)29)25(27(34)30-2)16-20-11-5-4-6-12-20/h4-15,25H,16-18H2,1-3H3,(H,30,34)/t25-/m0/s1. The van der Waals surface area contributed by atoms with Crippen molar-refractivity contribution in [3.8, 4) is 0 Å². The predicted molar refractivity (Wildman–Crippen MR) is 148 cm³/mol. The molecule has 2 amide bonds. The van der Waals surface area contributed by atoms with Crippen LogP contribution in [0.25, 0.3) is 0 Å². The summed E-state index contributed by atoms with van der Waals surface area (Å²) in [7, 11) is -2.35. The monoisotopic (exact) mass is 561 g/mol. The van der Waals surface area contributed by atoms with Gasteiger partial charge in [-0.3, -0.25) is 13.9 Å². The summed E-state index contributed by atoms with van der Waals surface area (Å²) >= 11 is 12.8. The van der Waals surface area contributed by atoms with Gasteiger partial charge in [-0.05, 0) is 36.2 Å². The molecule has 7 nitrogen and oxygen atoms in total. The Bertz CT molecular complexity index is 1350. The minimum atomic E-state index is -3.84. The van der Waals surface area contributed by atoms with Gasteiger partial charge in [-0.2, -0.15) is 0 Å². The van der Waals surface area contributed by atoms with Crippen molar-refractivity contribution in [2.75, 3.05) is 24.2 Å². The molecule has 0 aromatic heterocycles. The lowest BCUT2D eigenvalue weighted by atomic mass is 10.0. The number of para-hydroxylation sites is 1. The second kappa shape index (κ2) is 12.4. The normalized spacial score (nSPS) is 12.0. The molecule has 1 atom stereocenters. The number of halogens is 2. The largest absolute Gasteiger partial charge is 0.357 e. The number of nitrogens with zero attached hydrogens (tertiary/aromatic N) is 2.